The lowest BCUT2D eigenvalue weighted by molar-refractivity contribution is -0.118. The maximum absolute atomic E-state index is 13.7. The summed E-state index contributed by atoms with van der Waals surface area (Å²) in [5, 5.41) is 4.67. The second kappa shape index (κ2) is 6.45. The van der Waals surface area contributed by atoms with Crippen LogP contribution in [0.5, 0.6) is 5.75 Å². The molecule has 0 aliphatic carbocycles. The fraction of sp³-hybridized carbons (Fsp3) is 0.333. The summed E-state index contributed by atoms with van der Waals surface area (Å²) in [4.78, 5) is 19.1. The molecule has 0 saturated carbocycles. The molecule has 1 amide bonds. The fourth-order valence-corrected chi connectivity index (χ4v) is 3.11. The molecular formula is C18H20FN5O2. The number of aliphatic imine (C=N–C) groups is 1. The number of ether oxygens (including phenoxy) is 1. The number of amidine groups is 1. The molecule has 26 heavy (non-hydrogen) atoms. The third-order valence-corrected chi connectivity index (χ3v) is 4.48. The van der Waals surface area contributed by atoms with Gasteiger partial charge >= 0.3 is 0 Å². The number of fused-ring (bicyclic) bond motifs is 1. The van der Waals surface area contributed by atoms with Gasteiger partial charge < -0.3 is 15.0 Å². The second-order valence-electron chi connectivity index (χ2n) is 6.59. The minimum absolute atomic E-state index is 0.175. The number of hydrogen-bond donors (Lipinski definition) is 2. The molecule has 0 fully saturated rings. The first-order chi connectivity index (χ1) is 12.5. The Hall–Kier alpha value is -2.87. The maximum atomic E-state index is 13.7. The van der Waals surface area contributed by atoms with Crippen LogP contribution in [0.15, 0.2) is 46.9 Å². The van der Waals surface area contributed by atoms with Crippen molar-refractivity contribution in [3.63, 3.8) is 0 Å². The number of carbonyl (C=O) groups is 1. The zero-order valence-corrected chi connectivity index (χ0v) is 14.6. The third kappa shape index (κ3) is 3.03. The summed E-state index contributed by atoms with van der Waals surface area (Å²) in [5.41, 5.74) is 4.42. The van der Waals surface area contributed by atoms with E-state index in [2.05, 4.69) is 15.7 Å². The van der Waals surface area contributed by atoms with Crippen LogP contribution in [0.25, 0.3) is 0 Å². The van der Waals surface area contributed by atoms with E-state index in [1.54, 1.807) is 11.1 Å². The van der Waals surface area contributed by atoms with Crippen molar-refractivity contribution in [1.82, 2.24) is 20.7 Å². The summed E-state index contributed by atoms with van der Waals surface area (Å²) < 4.78 is 19.6. The predicted octanol–water partition coefficient (Wildman–Crippen LogP) is 1.11. The monoisotopic (exact) mass is 357 g/mol. The molecule has 1 aromatic carbocycles. The van der Waals surface area contributed by atoms with Crippen LogP contribution in [0.4, 0.5) is 4.39 Å². The summed E-state index contributed by atoms with van der Waals surface area (Å²) in [5.74, 6) is 1.38. The summed E-state index contributed by atoms with van der Waals surface area (Å²) in [6, 6.07) is 4.26. The van der Waals surface area contributed by atoms with Crippen molar-refractivity contribution in [1.29, 1.82) is 0 Å². The topological polar surface area (TPSA) is 69.2 Å². The quantitative estimate of drug-likeness (QED) is 0.728. The molecule has 1 aromatic rings. The smallest absolute Gasteiger partial charge is 0.252 e. The Kier molecular flexibility index (Phi) is 4.12. The van der Waals surface area contributed by atoms with Gasteiger partial charge in [0.05, 0.1) is 11.6 Å². The van der Waals surface area contributed by atoms with Crippen molar-refractivity contribution >= 4 is 11.7 Å². The molecule has 2 bridgehead atoms. The SMILES string of the molecule is CC1COc2ccc(F)cc2CN(C)C2=NC3=C(CNN3C=C2)C(=O)N1. The van der Waals surface area contributed by atoms with E-state index < -0.39 is 0 Å². The normalized spacial score (nSPS) is 22.7. The van der Waals surface area contributed by atoms with Crippen molar-refractivity contribution in [2.24, 2.45) is 4.99 Å². The lowest BCUT2D eigenvalue weighted by Gasteiger charge is -2.25. The van der Waals surface area contributed by atoms with E-state index in [9.17, 15) is 9.18 Å². The highest BCUT2D eigenvalue weighted by Gasteiger charge is 2.29. The highest BCUT2D eigenvalue weighted by molar-refractivity contribution is 5.98. The number of halogens is 1. The number of nitrogens with one attached hydrogen (secondary N) is 2. The average Bonchev–Trinajstić information content (AvgIpc) is 3.03. The first-order valence-corrected chi connectivity index (χ1v) is 8.47. The first-order valence-electron chi connectivity index (χ1n) is 8.47. The minimum Gasteiger partial charge on any atom is -0.491 e. The number of nitrogens with zero attached hydrogens (tertiary/aromatic N) is 3. The number of benzene rings is 1. The van der Waals surface area contributed by atoms with E-state index in [-0.39, 0.29) is 17.8 Å². The van der Waals surface area contributed by atoms with Gasteiger partial charge in [-0.2, -0.15) is 0 Å². The Morgan fingerprint density at radius 3 is 3.08 bits per heavy atom. The molecule has 7 nitrogen and oxygen atoms in total. The molecule has 8 heteroatoms. The second-order valence-corrected chi connectivity index (χ2v) is 6.59. The van der Waals surface area contributed by atoms with E-state index >= 15 is 0 Å². The molecule has 3 aliphatic heterocycles. The Morgan fingerprint density at radius 2 is 2.23 bits per heavy atom. The molecule has 0 radical (unpaired) electrons. The van der Waals surface area contributed by atoms with E-state index in [0.717, 1.165) is 5.56 Å². The Bertz CT molecular complexity index is 848. The zero-order chi connectivity index (χ0) is 18.3. The molecule has 4 rings (SSSR count). The standard InChI is InChI=1S/C18H20FN5O2/c1-11-10-26-15-4-3-13(19)7-12(15)9-23(2)16-5-6-24-17(22-16)14(8-20-24)18(25)21-11/h3-7,11,20H,8-10H2,1-2H3,(H,21,25). The van der Waals surface area contributed by atoms with Crippen LogP contribution in [0, 0.1) is 5.82 Å². The minimum atomic E-state index is -0.316. The summed E-state index contributed by atoms with van der Waals surface area (Å²) in [6.45, 7) is 3.00. The van der Waals surface area contributed by atoms with Gasteiger partial charge in [-0.25, -0.2) is 14.8 Å². The van der Waals surface area contributed by atoms with Gasteiger partial charge in [-0.1, -0.05) is 0 Å². The van der Waals surface area contributed by atoms with E-state index in [4.69, 9.17) is 4.74 Å². The van der Waals surface area contributed by atoms with Crippen LogP contribution < -0.4 is 15.5 Å². The summed E-state index contributed by atoms with van der Waals surface area (Å²) in [6.07, 6.45) is 3.68. The van der Waals surface area contributed by atoms with Gasteiger partial charge in [-0.3, -0.25) is 9.80 Å². The molecule has 0 spiro atoms. The Morgan fingerprint density at radius 1 is 1.38 bits per heavy atom. The van der Waals surface area contributed by atoms with Crippen LogP contribution in [0.3, 0.4) is 0 Å². The predicted molar refractivity (Wildman–Crippen MR) is 94.4 cm³/mol. The van der Waals surface area contributed by atoms with E-state index in [0.29, 0.717) is 42.7 Å². The number of carbonyl (C=O) groups excluding carboxylic acids is 1. The first kappa shape index (κ1) is 16.6. The molecule has 2 N–H and O–H groups in total. The molecule has 3 aliphatic rings. The number of hydrazine groups is 1. The van der Waals surface area contributed by atoms with Crippen molar-refractivity contribution < 1.29 is 13.9 Å². The van der Waals surface area contributed by atoms with Gasteiger partial charge in [0, 0.05) is 31.9 Å². The number of hydrogen-bond acceptors (Lipinski definition) is 6. The van der Waals surface area contributed by atoms with Crippen LogP contribution >= 0.6 is 0 Å². The van der Waals surface area contributed by atoms with Gasteiger partial charge in [0.1, 0.15) is 24.0 Å². The number of likely N-dealkylation sites (N-methyl/N-ethyl adjacent to an activating group) is 1. The van der Waals surface area contributed by atoms with E-state index in [1.165, 1.54) is 12.1 Å². The average molecular weight is 357 g/mol. The Balaban J connectivity index is 1.75. The molecule has 0 aromatic heterocycles. The largest absolute Gasteiger partial charge is 0.491 e. The van der Waals surface area contributed by atoms with Crippen LogP contribution in [-0.4, -0.2) is 47.9 Å². The summed E-state index contributed by atoms with van der Waals surface area (Å²) >= 11 is 0. The van der Waals surface area contributed by atoms with E-state index in [1.807, 2.05) is 31.1 Å². The molecule has 1 atom stereocenters. The van der Waals surface area contributed by atoms with Crippen molar-refractivity contribution in [3.8, 4) is 5.75 Å². The molecule has 1 unspecified atom stereocenters. The van der Waals surface area contributed by atoms with Gasteiger partial charge in [0.25, 0.3) is 5.91 Å². The van der Waals surface area contributed by atoms with Crippen LogP contribution in [-0.2, 0) is 11.3 Å². The highest BCUT2D eigenvalue weighted by Crippen LogP contribution is 2.25. The lowest BCUT2D eigenvalue weighted by atomic mass is 10.1. The van der Waals surface area contributed by atoms with Crippen molar-refractivity contribution in [3.05, 3.63) is 53.2 Å². The van der Waals surface area contributed by atoms with Crippen LogP contribution in [0.2, 0.25) is 0 Å². The van der Waals surface area contributed by atoms with Gasteiger partial charge in [0.2, 0.25) is 0 Å². The van der Waals surface area contributed by atoms with Crippen molar-refractivity contribution in [2.75, 3.05) is 20.2 Å². The van der Waals surface area contributed by atoms with Gasteiger partial charge in [-0.05, 0) is 31.2 Å². The zero-order valence-electron chi connectivity index (χ0n) is 14.6. The molecule has 0 saturated heterocycles. The van der Waals surface area contributed by atoms with Crippen molar-refractivity contribution in [2.45, 2.75) is 19.5 Å². The van der Waals surface area contributed by atoms with Gasteiger partial charge in [-0.15, -0.1) is 0 Å². The Labute approximate surface area is 150 Å². The van der Waals surface area contributed by atoms with Crippen LogP contribution in [0.1, 0.15) is 12.5 Å². The molecule has 136 valence electrons. The number of amides is 1. The number of rotatable bonds is 0. The van der Waals surface area contributed by atoms with Gasteiger partial charge in [0.15, 0.2) is 5.82 Å². The molecule has 3 heterocycles. The maximum Gasteiger partial charge on any atom is 0.252 e. The molecular weight excluding hydrogens is 337 g/mol. The lowest BCUT2D eigenvalue weighted by Crippen LogP contribution is -2.38. The summed E-state index contributed by atoms with van der Waals surface area (Å²) in [7, 11) is 1.87. The highest BCUT2D eigenvalue weighted by atomic mass is 19.1. The fourth-order valence-electron chi connectivity index (χ4n) is 3.11. The third-order valence-electron chi connectivity index (χ3n) is 4.48.